The van der Waals surface area contributed by atoms with Crippen LogP contribution in [0.4, 0.5) is 5.69 Å². The second-order valence-corrected chi connectivity index (χ2v) is 6.15. The molecule has 0 radical (unpaired) electrons. The number of esters is 1. The van der Waals surface area contributed by atoms with Crippen LogP contribution in [0.2, 0.25) is 0 Å². The molecule has 0 aliphatic rings. The minimum atomic E-state index is -0.389. The lowest BCUT2D eigenvalue weighted by Gasteiger charge is -2.04. The first kappa shape index (κ1) is 14.1. The first-order chi connectivity index (χ1) is 8.95. The third-order valence-electron chi connectivity index (χ3n) is 2.93. The Kier molecular flexibility index (Phi) is 3.96. The van der Waals surface area contributed by atoms with Gasteiger partial charge in [-0.2, -0.15) is 0 Å². The molecule has 0 fully saturated rings. The highest BCUT2D eigenvalue weighted by Crippen LogP contribution is 2.41. The van der Waals surface area contributed by atoms with Gasteiger partial charge in [-0.3, -0.25) is 0 Å². The Labute approximate surface area is 124 Å². The van der Waals surface area contributed by atoms with Crippen molar-refractivity contribution in [3.8, 4) is 10.4 Å². The number of anilines is 1. The third-order valence-corrected chi connectivity index (χ3v) is 4.91. The highest BCUT2D eigenvalue weighted by molar-refractivity contribution is 9.10. The van der Waals surface area contributed by atoms with Crippen LogP contribution in [0.15, 0.2) is 22.7 Å². The van der Waals surface area contributed by atoms with Crippen LogP contribution in [0, 0.1) is 13.8 Å². The number of nitrogens with two attached hydrogens (primary N) is 1. The van der Waals surface area contributed by atoms with Crippen LogP contribution in [-0.2, 0) is 4.74 Å². The summed E-state index contributed by atoms with van der Waals surface area (Å²) in [7, 11) is 1.36. The first-order valence-corrected chi connectivity index (χ1v) is 7.30. The van der Waals surface area contributed by atoms with Crippen molar-refractivity contribution in [3.63, 3.8) is 0 Å². The third kappa shape index (κ3) is 2.53. The van der Waals surface area contributed by atoms with Crippen molar-refractivity contribution >= 4 is 38.9 Å². The molecule has 0 aliphatic heterocycles. The highest BCUT2D eigenvalue weighted by Gasteiger charge is 2.20. The van der Waals surface area contributed by atoms with Crippen LogP contribution >= 0.6 is 27.3 Å². The van der Waals surface area contributed by atoms with E-state index in [4.69, 9.17) is 10.5 Å². The van der Waals surface area contributed by atoms with E-state index < -0.39 is 0 Å². The summed E-state index contributed by atoms with van der Waals surface area (Å²) in [6, 6.07) is 6.11. The zero-order chi connectivity index (χ0) is 14.2. The van der Waals surface area contributed by atoms with E-state index in [9.17, 15) is 4.79 Å². The van der Waals surface area contributed by atoms with Gasteiger partial charge in [0, 0.05) is 14.9 Å². The number of benzene rings is 1. The fourth-order valence-corrected chi connectivity index (χ4v) is 3.84. The number of halogens is 1. The monoisotopic (exact) mass is 339 g/mol. The van der Waals surface area contributed by atoms with Gasteiger partial charge in [0.15, 0.2) is 0 Å². The molecule has 0 aliphatic carbocycles. The smallest absolute Gasteiger partial charge is 0.350 e. The number of hydrogen-bond donors (Lipinski definition) is 1. The minimum absolute atomic E-state index is 0.389. The van der Waals surface area contributed by atoms with Crippen molar-refractivity contribution in [2.24, 2.45) is 0 Å². The van der Waals surface area contributed by atoms with E-state index in [1.54, 1.807) is 0 Å². The molecule has 0 unspecified atom stereocenters. The van der Waals surface area contributed by atoms with Gasteiger partial charge in [0.1, 0.15) is 4.88 Å². The lowest BCUT2D eigenvalue weighted by molar-refractivity contribution is 0.0607. The van der Waals surface area contributed by atoms with Crippen molar-refractivity contribution < 1.29 is 9.53 Å². The lowest BCUT2D eigenvalue weighted by Crippen LogP contribution is -2.01. The minimum Gasteiger partial charge on any atom is -0.465 e. The van der Waals surface area contributed by atoms with Gasteiger partial charge in [0.2, 0.25) is 0 Å². The SMILES string of the molecule is COC(=O)c1sc(-c2ccc(C)cc2Br)c(C)c1N. The molecule has 5 heteroatoms. The molecule has 2 N–H and O–H groups in total. The zero-order valence-corrected chi connectivity index (χ0v) is 13.3. The molecule has 0 atom stereocenters. The van der Waals surface area contributed by atoms with Gasteiger partial charge in [-0.25, -0.2) is 4.79 Å². The standard InChI is InChI=1S/C14H14BrNO2S/c1-7-4-5-9(10(15)6-7)12-8(2)11(16)13(19-12)14(17)18-3/h4-6H,16H2,1-3H3. The summed E-state index contributed by atoms with van der Waals surface area (Å²) >= 11 is 4.92. The Bertz CT molecular complexity index is 649. The summed E-state index contributed by atoms with van der Waals surface area (Å²) in [6.45, 7) is 3.95. The number of aryl methyl sites for hydroxylation is 1. The van der Waals surface area contributed by atoms with Crippen LogP contribution in [0.1, 0.15) is 20.8 Å². The average molecular weight is 340 g/mol. The number of hydrogen-bond acceptors (Lipinski definition) is 4. The van der Waals surface area contributed by atoms with Gasteiger partial charge in [0.25, 0.3) is 0 Å². The van der Waals surface area contributed by atoms with Crippen LogP contribution in [-0.4, -0.2) is 13.1 Å². The summed E-state index contributed by atoms with van der Waals surface area (Å²) < 4.78 is 5.74. The van der Waals surface area contributed by atoms with Crippen molar-refractivity contribution in [2.75, 3.05) is 12.8 Å². The molecule has 1 aromatic heterocycles. The summed E-state index contributed by atoms with van der Waals surface area (Å²) in [6.07, 6.45) is 0. The molecule has 0 spiro atoms. The van der Waals surface area contributed by atoms with Gasteiger partial charge in [-0.15, -0.1) is 11.3 Å². The van der Waals surface area contributed by atoms with Crippen LogP contribution in [0.3, 0.4) is 0 Å². The van der Waals surface area contributed by atoms with E-state index in [1.165, 1.54) is 24.0 Å². The predicted octanol–water partition coefficient (Wildman–Crippen LogP) is 4.16. The number of thiophene rings is 1. The Morgan fingerprint density at radius 1 is 1.37 bits per heavy atom. The molecule has 19 heavy (non-hydrogen) atoms. The van der Waals surface area contributed by atoms with Crippen molar-refractivity contribution in [2.45, 2.75) is 13.8 Å². The highest BCUT2D eigenvalue weighted by atomic mass is 79.9. The number of carbonyl (C=O) groups excluding carboxylic acids is 1. The summed E-state index contributed by atoms with van der Waals surface area (Å²) in [5.74, 6) is -0.389. The van der Waals surface area contributed by atoms with Gasteiger partial charge in [0.05, 0.1) is 12.8 Å². The molecule has 0 amide bonds. The Morgan fingerprint density at radius 3 is 2.63 bits per heavy atom. The summed E-state index contributed by atoms with van der Waals surface area (Å²) in [4.78, 5) is 13.1. The lowest BCUT2D eigenvalue weighted by atomic mass is 10.1. The topological polar surface area (TPSA) is 52.3 Å². The number of methoxy groups -OCH3 is 1. The maximum Gasteiger partial charge on any atom is 0.350 e. The second kappa shape index (κ2) is 5.35. The molecule has 0 saturated heterocycles. The quantitative estimate of drug-likeness (QED) is 0.835. The van der Waals surface area contributed by atoms with Crippen molar-refractivity contribution in [1.29, 1.82) is 0 Å². The average Bonchev–Trinajstić information content (AvgIpc) is 2.66. The maximum atomic E-state index is 11.7. The summed E-state index contributed by atoms with van der Waals surface area (Å²) in [5.41, 5.74) is 9.61. The molecule has 100 valence electrons. The van der Waals surface area contributed by atoms with Gasteiger partial charge >= 0.3 is 5.97 Å². The van der Waals surface area contributed by atoms with Gasteiger partial charge in [-0.05, 0) is 31.0 Å². The second-order valence-electron chi connectivity index (χ2n) is 4.27. The zero-order valence-electron chi connectivity index (χ0n) is 10.9. The van der Waals surface area contributed by atoms with E-state index in [0.717, 1.165) is 20.5 Å². The first-order valence-electron chi connectivity index (χ1n) is 5.69. The number of ether oxygens (including phenoxy) is 1. The maximum absolute atomic E-state index is 11.7. The molecule has 3 nitrogen and oxygen atoms in total. The fraction of sp³-hybridized carbons (Fsp3) is 0.214. The van der Waals surface area contributed by atoms with Gasteiger partial charge in [-0.1, -0.05) is 28.1 Å². The van der Waals surface area contributed by atoms with Crippen molar-refractivity contribution in [3.05, 3.63) is 38.7 Å². The Hall–Kier alpha value is -1.33. The van der Waals surface area contributed by atoms with E-state index in [0.29, 0.717) is 10.6 Å². The largest absolute Gasteiger partial charge is 0.465 e. The fourth-order valence-electron chi connectivity index (χ4n) is 1.83. The van der Waals surface area contributed by atoms with E-state index in [-0.39, 0.29) is 5.97 Å². The Morgan fingerprint density at radius 2 is 2.05 bits per heavy atom. The number of carbonyl (C=O) groups is 1. The predicted molar refractivity (Wildman–Crippen MR) is 82.7 cm³/mol. The molecule has 2 aromatic rings. The molecular weight excluding hydrogens is 326 g/mol. The molecule has 2 rings (SSSR count). The van der Waals surface area contributed by atoms with E-state index in [2.05, 4.69) is 15.9 Å². The summed E-state index contributed by atoms with van der Waals surface area (Å²) in [5, 5.41) is 0. The number of rotatable bonds is 2. The van der Waals surface area contributed by atoms with E-state index >= 15 is 0 Å². The van der Waals surface area contributed by atoms with E-state index in [1.807, 2.05) is 32.0 Å². The number of nitrogen functional groups attached to an aromatic ring is 1. The molecule has 1 heterocycles. The van der Waals surface area contributed by atoms with Crippen molar-refractivity contribution in [1.82, 2.24) is 0 Å². The molecule has 0 bridgehead atoms. The van der Waals surface area contributed by atoms with Crippen LogP contribution < -0.4 is 5.73 Å². The van der Waals surface area contributed by atoms with Crippen LogP contribution in [0.5, 0.6) is 0 Å². The normalized spacial score (nSPS) is 10.5. The molecule has 0 saturated carbocycles. The van der Waals surface area contributed by atoms with Gasteiger partial charge < -0.3 is 10.5 Å². The Balaban J connectivity index is 2.60. The molecular formula is C14H14BrNO2S. The van der Waals surface area contributed by atoms with Crippen LogP contribution in [0.25, 0.3) is 10.4 Å². The molecule has 1 aromatic carbocycles.